The molecule has 0 unspecified atom stereocenters. The van der Waals surface area contributed by atoms with Gasteiger partial charge < -0.3 is 33.7 Å². The lowest BCUT2D eigenvalue weighted by atomic mass is 10.1. The first kappa shape index (κ1) is 31.1. The van der Waals surface area contributed by atoms with Crippen LogP contribution in [0.5, 0.6) is 17.2 Å². The van der Waals surface area contributed by atoms with Crippen molar-refractivity contribution in [1.29, 1.82) is 0 Å². The number of hydrogen-bond acceptors (Lipinski definition) is 8. The molecule has 10 nitrogen and oxygen atoms in total. The molecule has 5 aromatic rings. The predicted molar refractivity (Wildman–Crippen MR) is 175 cm³/mol. The van der Waals surface area contributed by atoms with Crippen LogP contribution in [-0.4, -0.2) is 49.5 Å². The lowest BCUT2D eigenvalue weighted by Gasteiger charge is -2.19. The second-order valence-corrected chi connectivity index (χ2v) is 11.0. The number of fused-ring (bicyclic) bond motifs is 1. The summed E-state index contributed by atoms with van der Waals surface area (Å²) in [5.74, 6) is 1.16. The highest BCUT2D eigenvalue weighted by atomic mass is 32.1. The van der Waals surface area contributed by atoms with E-state index in [4.69, 9.17) is 18.9 Å². The number of anilines is 1. The number of thiophene rings is 1. The molecular formula is C34H33N3O7S. The predicted octanol–water partition coefficient (Wildman–Crippen LogP) is 6.99. The number of methoxy groups -OCH3 is 2. The summed E-state index contributed by atoms with van der Waals surface area (Å²) >= 11 is 1.41. The first-order valence-electron chi connectivity index (χ1n) is 14.2. The largest absolute Gasteiger partial charge is 0.514 e. The van der Waals surface area contributed by atoms with Gasteiger partial charge >= 0.3 is 12.2 Å². The summed E-state index contributed by atoms with van der Waals surface area (Å²) in [4.78, 5) is 42.7. The molecule has 45 heavy (non-hydrogen) atoms. The van der Waals surface area contributed by atoms with E-state index in [1.807, 2.05) is 71.3 Å². The average Bonchev–Trinajstić information content (AvgIpc) is 3.43. The molecule has 5 rings (SSSR count). The Morgan fingerprint density at radius 1 is 0.911 bits per heavy atom. The summed E-state index contributed by atoms with van der Waals surface area (Å²) in [7, 11) is 4.85. The Morgan fingerprint density at radius 2 is 1.62 bits per heavy atom. The van der Waals surface area contributed by atoms with Crippen LogP contribution in [-0.2, 0) is 17.8 Å². The van der Waals surface area contributed by atoms with E-state index in [0.717, 1.165) is 16.0 Å². The molecule has 232 valence electrons. The molecule has 1 N–H and O–H groups in total. The number of urea groups is 1. The zero-order chi connectivity index (χ0) is 31.9. The topological polar surface area (TPSA) is 108 Å². The van der Waals surface area contributed by atoms with Crippen molar-refractivity contribution in [3.05, 3.63) is 106 Å². The zero-order valence-corrected chi connectivity index (χ0v) is 26.2. The maximum Gasteiger partial charge on any atom is 0.514 e. The monoisotopic (exact) mass is 627 g/mol. The van der Waals surface area contributed by atoms with E-state index in [9.17, 15) is 14.4 Å². The summed E-state index contributed by atoms with van der Waals surface area (Å²) in [6, 6.07) is 23.8. The fourth-order valence-electron chi connectivity index (χ4n) is 4.89. The van der Waals surface area contributed by atoms with Crippen LogP contribution < -0.4 is 25.0 Å². The highest BCUT2D eigenvalue weighted by Gasteiger charge is 2.25. The number of nitrogens with zero attached hydrogens (tertiary/aromatic N) is 2. The molecule has 0 radical (unpaired) electrons. The summed E-state index contributed by atoms with van der Waals surface area (Å²) in [6.45, 7) is 2.14. The number of pyridine rings is 1. The number of rotatable bonds is 10. The van der Waals surface area contributed by atoms with Crippen molar-refractivity contribution < 1.29 is 28.5 Å². The third-order valence-electron chi connectivity index (χ3n) is 7.08. The Labute approximate surface area is 264 Å². The second kappa shape index (κ2) is 14.0. The third kappa shape index (κ3) is 6.94. The van der Waals surface area contributed by atoms with Crippen LogP contribution >= 0.6 is 11.3 Å². The van der Waals surface area contributed by atoms with Gasteiger partial charge in [-0.2, -0.15) is 0 Å². The molecule has 11 heteroatoms. The van der Waals surface area contributed by atoms with Crippen molar-refractivity contribution in [2.24, 2.45) is 0 Å². The molecule has 0 spiro atoms. The molecule has 2 amide bonds. The SMILES string of the molecule is CCOC(=O)Oc1cn(Cc2ccccc2OC)c2sc(-c3ccc(OC)cc3)c(CN(C)C(=O)Nc3ccccc3)c2c1=O. The van der Waals surface area contributed by atoms with Crippen LogP contribution in [0.2, 0.25) is 0 Å². The van der Waals surface area contributed by atoms with Gasteiger partial charge in [-0.25, -0.2) is 9.59 Å². The first-order chi connectivity index (χ1) is 21.8. The number of carbonyl (C=O) groups excluding carboxylic acids is 2. The van der Waals surface area contributed by atoms with Crippen molar-refractivity contribution >= 4 is 39.4 Å². The van der Waals surface area contributed by atoms with Crippen LogP contribution in [0.3, 0.4) is 0 Å². The molecule has 0 fully saturated rings. The van der Waals surface area contributed by atoms with Crippen molar-refractivity contribution in [2.75, 3.05) is 33.2 Å². The highest BCUT2D eigenvalue weighted by Crippen LogP contribution is 2.40. The van der Waals surface area contributed by atoms with Gasteiger partial charge in [0.25, 0.3) is 0 Å². The molecule has 2 aromatic heterocycles. The van der Waals surface area contributed by atoms with Gasteiger partial charge in [0.1, 0.15) is 16.3 Å². The zero-order valence-electron chi connectivity index (χ0n) is 25.4. The van der Waals surface area contributed by atoms with E-state index in [-0.39, 0.29) is 24.9 Å². The number of hydrogen-bond donors (Lipinski definition) is 1. The van der Waals surface area contributed by atoms with Gasteiger partial charge in [0, 0.05) is 35.3 Å². The Kier molecular flexibility index (Phi) is 9.69. The Bertz CT molecular complexity index is 1870. The molecule has 0 atom stereocenters. The minimum atomic E-state index is -0.982. The molecule has 0 bridgehead atoms. The Morgan fingerprint density at radius 3 is 2.31 bits per heavy atom. The van der Waals surface area contributed by atoms with Gasteiger partial charge in [0.2, 0.25) is 5.43 Å². The smallest absolute Gasteiger partial charge is 0.497 e. The van der Waals surface area contributed by atoms with Gasteiger partial charge in [-0.1, -0.05) is 36.4 Å². The molecular weight excluding hydrogens is 594 g/mol. The molecule has 0 aliphatic rings. The highest BCUT2D eigenvalue weighted by molar-refractivity contribution is 7.22. The average molecular weight is 628 g/mol. The van der Waals surface area contributed by atoms with E-state index < -0.39 is 11.6 Å². The van der Waals surface area contributed by atoms with Gasteiger partial charge in [-0.15, -0.1) is 11.3 Å². The van der Waals surface area contributed by atoms with Crippen molar-refractivity contribution in [3.63, 3.8) is 0 Å². The normalized spacial score (nSPS) is 10.8. The number of amides is 2. The van der Waals surface area contributed by atoms with E-state index in [2.05, 4.69) is 5.32 Å². The van der Waals surface area contributed by atoms with Gasteiger partial charge in [-0.3, -0.25) is 4.79 Å². The van der Waals surface area contributed by atoms with Crippen LogP contribution in [0, 0.1) is 0 Å². The van der Waals surface area contributed by atoms with Gasteiger partial charge in [0.05, 0.1) is 39.0 Å². The van der Waals surface area contributed by atoms with Crippen LogP contribution in [0.15, 0.2) is 89.9 Å². The first-order valence-corrected chi connectivity index (χ1v) is 15.0. The fraction of sp³-hybridized carbons (Fsp3) is 0.206. The number of para-hydroxylation sites is 2. The van der Waals surface area contributed by atoms with Crippen LogP contribution in [0.25, 0.3) is 20.7 Å². The summed E-state index contributed by atoms with van der Waals surface area (Å²) in [6.07, 6.45) is 0.530. The summed E-state index contributed by atoms with van der Waals surface area (Å²) in [5.41, 5.74) is 2.45. The third-order valence-corrected chi connectivity index (χ3v) is 8.40. The van der Waals surface area contributed by atoms with Gasteiger partial charge in [0.15, 0.2) is 5.75 Å². The van der Waals surface area contributed by atoms with Crippen molar-refractivity contribution in [3.8, 4) is 27.7 Å². The van der Waals surface area contributed by atoms with Crippen LogP contribution in [0.1, 0.15) is 18.1 Å². The molecule has 0 aliphatic carbocycles. The van der Waals surface area contributed by atoms with E-state index >= 15 is 0 Å². The lowest BCUT2D eigenvalue weighted by Crippen LogP contribution is -2.31. The molecule has 2 heterocycles. The molecule has 0 saturated heterocycles. The quantitative estimate of drug-likeness (QED) is 0.166. The fourth-order valence-corrected chi connectivity index (χ4v) is 6.18. The number of aromatic nitrogens is 1. The van der Waals surface area contributed by atoms with E-state index in [1.165, 1.54) is 22.4 Å². The maximum atomic E-state index is 14.1. The minimum Gasteiger partial charge on any atom is -0.497 e. The number of carbonyl (C=O) groups is 2. The molecule has 0 saturated carbocycles. The van der Waals surface area contributed by atoms with Gasteiger partial charge in [-0.05, 0) is 55.0 Å². The van der Waals surface area contributed by atoms with Crippen molar-refractivity contribution in [1.82, 2.24) is 9.47 Å². The number of ether oxygens (including phenoxy) is 4. The standard InChI is InChI=1S/C34H33N3O7S/c1-5-43-34(40)44-28-21-37(19-23-11-9-10-14-27(23)42-4)32-29(30(28)38)26(31(45-32)22-15-17-25(41-3)18-16-22)20-36(2)33(39)35-24-12-7-6-8-13-24/h6-18,21H,5,19-20H2,1-4H3,(H,35,39). The molecule has 3 aromatic carbocycles. The van der Waals surface area contributed by atoms with E-state index in [1.54, 1.807) is 40.3 Å². The summed E-state index contributed by atoms with van der Waals surface area (Å²) < 4.78 is 23.2. The maximum absolute atomic E-state index is 14.1. The number of benzene rings is 3. The second-order valence-electron chi connectivity index (χ2n) is 10.0. The minimum absolute atomic E-state index is 0.0864. The Hall–Kier alpha value is -5.29. The van der Waals surface area contributed by atoms with Crippen molar-refractivity contribution in [2.45, 2.75) is 20.0 Å². The summed E-state index contributed by atoms with van der Waals surface area (Å²) in [5, 5.41) is 3.23. The molecule has 0 aliphatic heterocycles. The number of nitrogens with one attached hydrogen (secondary N) is 1. The van der Waals surface area contributed by atoms with Crippen LogP contribution in [0.4, 0.5) is 15.3 Å². The Balaban J connectivity index is 1.69. The lowest BCUT2D eigenvalue weighted by molar-refractivity contribution is 0.104. The van der Waals surface area contributed by atoms with E-state index in [0.29, 0.717) is 39.5 Å².